The molecule has 0 radical (unpaired) electrons. The highest BCUT2D eigenvalue weighted by molar-refractivity contribution is 5.79. The molecule has 2 aromatic rings. The number of hydrogen-bond acceptors (Lipinski definition) is 6. The lowest BCUT2D eigenvalue weighted by Gasteiger charge is -2.34. The fraction of sp³-hybridized carbons (Fsp3) is 0.438. The second kappa shape index (κ2) is 6.88. The lowest BCUT2D eigenvalue weighted by atomic mass is 10.1. The Morgan fingerprint density at radius 2 is 2.12 bits per heavy atom. The van der Waals surface area contributed by atoms with Crippen molar-refractivity contribution in [2.24, 2.45) is 0 Å². The van der Waals surface area contributed by atoms with Crippen LogP contribution in [0.25, 0.3) is 11.6 Å². The molecule has 3 rings (SSSR count). The Bertz CT molecular complexity index is 789. The van der Waals surface area contributed by atoms with Crippen molar-refractivity contribution in [3.63, 3.8) is 0 Å². The summed E-state index contributed by atoms with van der Waals surface area (Å²) in [4.78, 5) is 41.9. The van der Waals surface area contributed by atoms with E-state index in [0.29, 0.717) is 29.5 Å². The first-order valence-electron chi connectivity index (χ1n) is 7.93. The van der Waals surface area contributed by atoms with Crippen molar-refractivity contribution < 1.29 is 4.79 Å². The summed E-state index contributed by atoms with van der Waals surface area (Å²) in [6.07, 6.45) is 3.22. The van der Waals surface area contributed by atoms with Gasteiger partial charge in [0.05, 0.1) is 6.42 Å². The van der Waals surface area contributed by atoms with Gasteiger partial charge in [-0.15, -0.1) is 0 Å². The monoisotopic (exact) mass is 328 g/mol. The highest BCUT2D eigenvalue weighted by atomic mass is 16.2. The summed E-state index contributed by atoms with van der Waals surface area (Å²) in [5, 5.41) is 3.24. The molecule has 126 valence electrons. The van der Waals surface area contributed by atoms with Crippen LogP contribution in [0.2, 0.25) is 0 Å². The molecule has 1 aliphatic heterocycles. The number of piperazine rings is 1. The Morgan fingerprint density at radius 3 is 2.79 bits per heavy atom. The van der Waals surface area contributed by atoms with Crippen LogP contribution < -0.4 is 10.9 Å². The fourth-order valence-corrected chi connectivity index (χ4v) is 2.81. The molecule has 24 heavy (non-hydrogen) atoms. The van der Waals surface area contributed by atoms with Crippen LogP contribution in [-0.2, 0) is 11.2 Å². The quantitative estimate of drug-likeness (QED) is 0.815. The van der Waals surface area contributed by atoms with Gasteiger partial charge in [-0.3, -0.25) is 9.59 Å². The lowest BCUT2D eigenvalue weighted by Crippen LogP contribution is -2.52. The average Bonchev–Trinajstić information content (AvgIpc) is 2.59. The molecule has 2 aromatic heterocycles. The van der Waals surface area contributed by atoms with E-state index in [1.54, 1.807) is 25.4 Å². The predicted molar refractivity (Wildman–Crippen MR) is 88.4 cm³/mol. The lowest BCUT2D eigenvalue weighted by molar-refractivity contribution is -0.133. The highest BCUT2D eigenvalue weighted by Crippen LogP contribution is 2.11. The van der Waals surface area contributed by atoms with Gasteiger partial charge in [-0.05, 0) is 19.9 Å². The van der Waals surface area contributed by atoms with Gasteiger partial charge in [-0.2, -0.15) is 0 Å². The van der Waals surface area contributed by atoms with Crippen LogP contribution in [0, 0.1) is 6.92 Å². The third kappa shape index (κ3) is 3.33. The second-order valence-corrected chi connectivity index (χ2v) is 5.87. The molecule has 8 heteroatoms. The van der Waals surface area contributed by atoms with Crippen molar-refractivity contribution in [2.75, 3.05) is 19.6 Å². The molecule has 0 spiro atoms. The Morgan fingerprint density at radius 1 is 1.38 bits per heavy atom. The van der Waals surface area contributed by atoms with Crippen LogP contribution >= 0.6 is 0 Å². The summed E-state index contributed by atoms with van der Waals surface area (Å²) in [5.74, 6) is 0.610. The molecule has 0 bridgehead atoms. The number of carbonyl (C=O) groups is 1. The summed E-state index contributed by atoms with van der Waals surface area (Å²) in [6, 6.07) is 1.81. The first kappa shape index (κ1) is 16.3. The maximum atomic E-state index is 12.5. The zero-order valence-electron chi connectivity index (χ0n) is 13.7. The van der Waals surface area contributed by atoms with Crippen LogP contribution in [0.5, 0.6) is 0 Å². The van der Waals surface area contributed by atoms with Crippen LogP contribution in [0.4, 0.5) is 0 Å². The maximum Gasteiger partial charge on any atom is 0.255 e. The van der Waals surface area contributed by atoms with Crippen molar-refractivity contribution >= 4 is 5.91 Å². The fourth-order valence-electron chi connectivity index (χ4n) is 2.81. The summed E-state index contributed by atoms with van der Waals surface area (Å²) >= 11 is 0. The minimum atomic E-state index is -0.318. The van der Waals surface area contributed by atoms with Crippen LogP contribution in [0.3, 0.4) is 0 Å². The van der Waals surface area contributed by atoms with Gasteiger partial charge >= 0.3 is 0 Å². The van der Waals surface area contributed by atoms with Gasteiger partial charge in [-0.1, -0.05) is 0 Å². The van der Waals surface area contributed by atoms with Crippen LogP contribution in [-0.4, -0.2) is 56.4 Å². The Balaban J connectivity index is 1.84. The Labute approximate surface area is 139 Å². The number of H-pyrrole nitrogens is 1. The molecule has 8 nitrogen and oxygen atoms in total. The molecule has 0 unspecified atom stereocenters. The number of nitrogens with one attached hydrogen (secondary N) is 2. The summed E-state index contributed by atoms with van der Waals surface area (Å²) in [6.45, 7) is 5.92. The van der Waals surface area contributed by atoms with E-state index < -0.39 is 0 Å². The largest absolute Gasteiger partial charge is 0.337 e. The van der Waals surface area contributed by atoms with Gasteiger partial charge in [0.15, 0.2) is 11.6 Å². The van der Waals surface area contributed by atoms with Gasteiger partial charge in [0, 0.05) is 49.3 Å². The summed E-state index contributed by atoms with van der Waals surface area (Å²) in [5.41, 5.74) is 0.601. The molecule has 0 aliphatic carbocycles. The van der Waals surface area contributed by atoms with Crippen molar-refractivity contribution in [1.29, 1.82) is 0 Å². The van der Waals surface area contributed by atoms with Gasteiger partial charge in [0.1, 0.15) is 0 Å². The second-order valence-electron chi connectivity index (χ2n) is 5.87. The number of aromatic amines is 1. The first-order valence-corrected chi connectivity index (χ1v) is 7.93. The zero-order valence-corrected chi connectivity index (χ0v) is 13.7. The van der Waals surface area contributed by atoms with Crippen molar-refractivity contribution in [3.05, 3.63) is 40.1 Å². The van der Waals surface area contributed by atoms with Gasteiger partial charge < -0.3 is 15.2 Å². The average molecular weight is 328 g/mol. The number of carbonyl (C=O) groups excluding carboxylic acids is 1. The molecule has 1 fully saturated rings. The van der Waals surface area contributed by atoms with Crippen molar-refractivity contribution in [3.8, 4) is 11.6 Å². The van der Waals surface area contributed by atoms with E-state index in [-0.39, 0.29) is 23.9 Å². The molecule has 0 aromatic carbocycles. The number of aromatic nitrogens is 4. The van der Waals surface area contributed by atoms with Crippen LogP contribution in [0.15, 0.2) is 23.3 Å². The van der Waals surface area contributed by atoms with Crippen molar-refractivity contribution in [2.45, 2.75) is 26.3 Å². The number of hydrogen-bond donors (Lipinski definition) is 2. The molecule has 1 saturated heterocycles. The topological polar surface area (TPSA) is 104 Å². The van der Waals surface area contributed by atoms with E-state index in [4.69, 9.17) is 0 Å². The van der Waals surface area contributed by atoms with Gasteiger partial charge in [0.25, 0.3) is 5.56 Å². The molecule has 3 heterocycles. The van der Waals surface area contributed by atoms with E-state index in [1.165, 1.54) is 0 Å². The minimum absolute atomic E-state index is 0.0500. The van der Waals surface area contributed by atoms with E-state index in [2.05, 4.69) is 25.3 Å². The van der Waals surface area contributed by atoms with Crippen LogP contribution in [0.1, 0.15) is 18.2 Å². The van der Waals surface area contributed by atoms with E-state index in [0.717, 1.165) is 13.1 Å². The van der Waals surface area contributed by atoms with Gasteiger partial charge in [-0.25, -0.2) is 15.0 Å². The molecule has 2 N–H and O–H groups in total. The number of nitrogens with zero attached hydrogens (tertiary/aromatic N) is 4. The van der Waals surface area contributed by atoms with Gasteiger partial charge in [0.2, 0.25) is 5.91 Å². The predicted octanol–water partition coefficient (Wildman–Crippen LogP) is -0.102. The van der Waals surface area contributed by atoms with E-state index in [9.17, 15) is 9.59 Å². The first-order chi connectivity index (χ1) is 11.6. The molecule has 1 atom stereocenters. The standard InChI is InChI=1S/C16H20N6O2/c1-10-9-17-6-7-22(10)13(23)8-12-11(2)20-15(21-16(12)24)14-18-4-3-5-19-14/h3-5,10,17H,6-9H2,1-2H3,(H,20,21,24)/t10-/m1/s1. The normalized spacial score (nSPS) is 17.8. The van der Waals surface area contributed by atoms with E-state index >= 15 is 0 Å². The third-order valence-corrected chi connectivity index (χ3v) is 4.15. The summed E-state index contributed by atoms with van der Waals surface area (Å²) in [7, 11) is 0. The van der Waals surface area contributed by atoms with Crippen molar-refractivity contribution in [1.82, 2.24) is 30.2 Å². The number of aryl methyl sites for hydroxylation is 1. The molecular weight excluding hydrogens is 308 g/mol. The number of rotatable bonds is 3. The Kier molecular flexibility index (Phi) is 4.66. The Hall–Kier alpha value is -2.61. The molecule has 1 amide bonds. The third-order valence-electron chi connectivity index (χ3n) is 4.15. The smallest absolute Gasteiger partial charge is 0.255 e. The highest BCUT2D eigenvalue weighted by Gasteiger charge is 2.24. The minimum Gasteiger partial charge on any atom is -0.337 e. The molecular formula is C16H20N6O2. The summed E-state index contributed by atoms with van der Waals surface area (Å²) < 4.78 is 0. The SMILES string of the molecule is Cc1nc(-c2ncccn2)[nH]c(=O)c1CC(=O)N1CCNC[C@H]1C. The zero-order chi connectivity index (χ0) is 17.1. The molecule has 0 saturated carbocycles. The van der Waals surface area contributed by atoms with E-state index in [1.807, 2.05) is 11.8 Å². The number of amides is 1. The maximum absolute atomic E-state index is 12.5. The molecule has 1 aliphatic rings.